The average molecular weight is 169 g/mol. The molecule has 1 atom stereocenters. The van der Waals surface area contributed by atoms with Gasteiger partial charge in [-0.3, -0.25) is 0 Å². The summed E-state index contributed by atoms with van der Waals surface area (Å²) in [7, 11) is 0. The van der Waals surface area contributed by atoms with Gasteiger partial charge in [0.1, 0.15) is 18.8 Å². The lowest BCUT2D eigenvalue weighted by Gasteiger charge is -1.95. The molecule has 12 heavy (non-hydrogen) atoms. The second-order valence-corrected chi connectivity index (χ2v) is 2.70. The van der Waals surface area contributed by atoms with Crippen LogP contribution in [0.15, 0.2) is 6.20 Å². The number of fused-ring (bicyclic) bond motifs is 1. The number of nitrogens with zero attached hydrogens (tertiary/aromatic N) is 3. The van der Waals surface area contributed by atoms with E-state index in [2.05, 4.69) is 4.98 Å². The molecule has 0 aliphatic carbocycles. The minimum atomic E-state index is -0.460. The van der Waals surface area contributed by atoms with Crippen LogP contribution in [-0.4, -0.2) is 20.6 Å². The highest BCUT2D eigenvalue weighted by molar-refractivity contribution is 5.24. The molecule has 0 spiro atoms. The van der Waals surface area contributed by atoms with E-state index < -0.39 is 4.92 Å². The van der Waals surface area contributed by atoms with Gasteiger partial charge in [0.2, 0.25) is 0 Å². The summed E-state index contributed by atoms with van der Waals surface area (Å²) in [4.78, 5) is 13.7. The first-order chi connectivity index (χ1) is 5.68. The molecule has 0 bridgehead atoms. The first kappa shape index (κ1) is 7.08. The van der Waals surface area contributed by atoms with E-state index in [1.807, 2.05) is 6.92 Å². The summed E-state index contributed by atoms with van der Waals surface area (Å²) in [6.45, 7) is 2.35. The van der Waals surface area contributed by atoms with Gasteiger partial charge in [0.25, 0.3) is 0 Å². The predicted octanol–water partition coefficient (Wildman–Crippen LogP) is 0.572. The number of rotatable bonds is 1. The molecule has 6 nitrogen and oxygen atoms in total. The monoisotopic (exact) mass is 169 g/mol. The standard InChI is InChI=1S/C6H7N3O3/c1-4-3-8-5(9(10)11)2-7-6(8)12-4/h2,4H,3H2,1H3. The van der Waals surface area contributed by atoms with Crippen molar-refractivity contribution in [3.8, 4) is 6.01 Å². The number of hydrogen-bond donors (Lipinski definition) is 0. The minimum absolute atomic E-state index is 0.00523. The summed E-state index contributed by atoms with van der Waals surface area (Å²) >= 11 is 0. The quantitative estimate of drug-likeness (QED) is 0.455. The zero-order valence-corrected chi connectivity index (χ0v) is 6.43. The van der Waals surface area contributed by atoms with Crippen molar-refractivity contribution in [3.05, 3.63) is 16.3 Å². The molecule has 64 valence electrons. The lowest BCUT2D eigenvalue weighted by molar-refractivity contribution is -0.392. The smallest absolute Gasteiger partial charge is 0.391 e. The van der Waals surface area contributed by atoms with Crippen LogP contribution in [0.3, 0.4) is 0 Å². The van der Waals surface area contributed by atoms with Gasteiger partial charge in [0, 0.05) is 0 Å². The molecule has 0 aromatic carbocycles. The SMILES string of the molecule is CC1Cn2c([N+](=O)[O-])cnc2O1. The Bertz CT molecular complexity index is 333. The first-order valence-corrected chi connectivity index (χ1v) is 3.55. The lowest BCUT2D eigenvalue weighted by Crippen LogP contribution is -2.09. The van der Waals surface area contributed by atoms with Crippen molar-refractivity contribution < 1.29 is 9.66 Å². The van der Waals surface area contributed by atoms with E-state index in [4.69, 9.17) is 4.74 Å². The number of imidazole rings is 1. The summed E-state index contributed by atoms with van der Waals surface area (Å²) < 4.78 is 6.65. The van der Waals surface area contributed by atoms with Crippen LogP contribution in [0.25, 0.3) is 0 Å². The van der Waals surface area contributed by atoms with Crippen molar-refractivity contribution in [1.82, 2.24) is 9.55 Å². The summed E-state index contributed by atoms with van der Waals surface area (Å²) in [5.74, 6) is -0.00523. The van der Waals surface area contributed by atoms with Crippen LogP contribution < -0.4 is 4.74 Å². The van der Waals surface area contributed by atoms with Crippen LogP contribution >= 0.6 is 0 Å². The van der Waals surface area contributed by atoms with Gasteiger partial charge in [0.05, 0.1) is 0 Å². The van der Waals surface area contributed by atoms with E-state index in [0.717, 1.165) is 0 Å². The van der Waals surface area contributed by atoms with Crippen LogP contribution in [0, 0.1) is 10.1 Å². The fraction of sp³-hybridized carbons (Fsp3) is 0.500. The van der Waals surface area contributed by atoms with E-state index in [0.29, 0.717) is 12.6 Å². The van der Waals surface area contributed by atoms with Crippen molar-refractivity contribution >= 4 is 5.82 Å². The topological polar surface area (TPSA) is 70.2 Å². The molecule has 0 N–H and O–H groups in total. The zero-order valence-electron chi connectivity index (χ0n) is 6.43. The third-order valence-electron chi connectivity index (χ3n) is 1.73. The molecule has 0 fully saturated rings. The van der Waals surface area contributed by atoms with E-state index in [-0.39, 0.29) is 11.9 Å². The molecule has 2 rings (SSSR count). The molecule has 1 aromatic heterocycles. The van der Waals surface area contributed by atoms with Crippen LogP contribution in [-0.2, 0) is 6.54 Å². The predicted molar refractivity (Wildman–Crippen MR) is 39.0 cm³/mol. The van der Waals surface area contributed by atoms with Gasteiger partial charge in [-0.1, -0.05) is 0 Å². The van der Waals surface area contributed by atoms with Crippen molar-refractivity contribution in [2.24, 2.45) is 0 Å². The van der Waals surface area contributed by atoms with Gasteiger partial charge >= 0.3 is 11.8 Å². The second kappa shape index (κ2) is 2.20. The maximum absolute atomic E-state index is 10.4. The lowest BCUT2D eigenvalue weighted by atomic mass is 10.4. The Morgan fingerprint density at radius 3 is 3.33 bits per heavy atom. The summed E-state index contributed by atoms with van der Waals surface area (Å²) in [5, 5.41) is 10.4. The van der Waals surface area contributed by atoms with Gasteiger partial charge in [-0.15, -0.1) is 0 Å². The third kappa shape index (κ3) is 0.843. The average Bonchev–Trinajstić information content (AvgIpc) is 2.43. The van der Waals surface area contributed by atoms with Gasteiger partial charge in [-0.25, -0.2) is 0 Å². The molecule has 2 heterocycles. The Kier molecular flexibility index (Phi) is 1.30. The summed E-state index contributed by atoms with van der Waals surface area (Å²) in [5.41, 5.74) is 0. The van der Waals surface area contributed by atoms with Crippen molar-refractivity contribution in [2.75, 3.05) is 0 Å². The fourth-order valence-electron chi connectivity index (χ4n) is 1.24. The van der Waals surface area contributed by atoms with Crippen molar-refractivity contribution in [1.29, 1.82) is 0 Å². The molecule has 0 radical (unpaired) electrons. The molecular weight excluding hydrogens is 162 g/mol. The molecule has 0 amide bonds. The minimum Gasteiger partial charge on any atom is -0.440 e. The van der Waals surface area contributed by atoms with Crippen molar-refractivity contribution in [2.45, 2.75) is 19.6 Å². The molecular formula is C6H7N3O3. The van der Waals surface area contributed by atoms with E-state index in [1.54, 1.807) is 0 Å². The van der Waals surface area contributed by atoms with Crippen LogP contribution in [0.1, 0.15) is 6.92 Å². The van der Waals surface area contributed by atoms with Crippen LogP contribution in [0.4, 0.5) is 5.82 Å². The largest absolute Gasteiger partial charge is 0.440 e. The number of aromatic nitrogens is 2. The van der Waals surface area contributed by atoms with Gasteiger partial charge in [-0.2, -0.15) is 9.55 Å². The molecule has 1 aliphatic rings. The van der Waals surface area contributed by atoms with Crippen molar-refractivity contribution in [3.63, 3.8) is 0 Å². The van der Waals surface area contributed by atoms with Gasteiger partial charge < -0.3 is 14.9 Å². The normalized spacial score (nSPS) is 20.2. The number of nitro groups is 1. The number of hydrogen-bond acceptors (Lipinski definition) is 4. The van der Waals surface area contributed by atoms with E-state index >= 15 is 0 Å². The number of ether oxygens (including phenoxy) is 1. The van der Waals surface area contributed by atoms with Crippen LogP contribution in [0.5, 0.6) is 6.01 Å². The second-order valence-electron chi connectivity index (χ2n) is 2.70. The first-order valence-electron chi connectivity index (χ1n) is 3.55. The Morgan fingerprint density at radius 1 is 1.92 bits per heavy atom. The van der Waals surface area contributed by atoms with Gasteiger partial charge in [0.15, 0.2) is 0 Å². The summed E-state index contributed by atoms with van der Waals surface area (Å²) in [6.07, 6.45) is 1.19. The highest BCUT2D eigenvalue weighted by Crippen LogP contribution is 2.26. The Hall–Kier alpha value is -1.59. The van der Waals surface area contributed by atoms with Crippen LogP contribution in [0.2, 0.25) is 0 Å². The maximum atomic E-state index is 10.4. The Balaban J connectivity index is 2.43. The van der Waals surface area contributed by atoms with E-state index in [1.165, 1.54) is 10.8 Å². The maximum Gasteiger partial charge on any atom is 0.391 e. The highest BCUT2D eigenvalue weighted by atomic mass is 16.6. The molecule has 0 saturated heterocycles. The molecule has 1 aromatic rings. The molecule has 1 aliphatic heterocycles. The zero-order chi connectivity index (χ0) is 8.72. The Labute approximate surface area is 67.9 Å². The fourth-order valence-corrected chi connectivity index (χ4v) is 1.24. The highest BCUT2D eigenvalue weighted by Gasteiger charge is 2.30. The molecule has 0 saturated carbocycles. The van der Waals surface area contributed by atoms with E-state index in [9.17, 15) is 10.1 Å². The molecule has 6 heteroatoms. The summed E-state index contributed by atoms with van der Waals surface area (Å²) in [6, 6.07) is 0.342. The molecule has 1 unspecified atom stereocenters. The Morgan fingerprint density at radius 2 is 2.67 bits per heavy atom. The third-order valence-corrected chi connectivity index (χ3v) is 1.73. The van der Waals surface area contributed by atoms with Gasteiger partial charge in [-0.05, 0) is 11.8 Å².